The Labute approximate surface area is 156 Å². The lowest BCUT2D eigenvalue weighted by Gasteiger charge is -2.26. The molecule has 2 aliphatic heterocycles. The van der Waals surface area contributed by atoms with E-state index < -0.39 is 41.6 Å². The molecule has 4 rings (SSSR count). The molecule has 28 heavy (non-hydrogen) atoms. The second-order valence-corrected chi connectivity index (χ2v) is 6.99. The van der Waals surface area contributed by atoms with Crippen LogP contribution in [0.25, 0.3) is 0 Å². The monoisotopic (exact) mass is 399 g/mol. The minimum atomic E-state index is -1.74. The first-order chi connectivity index (χ1) is 13.3. The van der Waals surface area contributed by atoms with Crippen LogP contribution in [0.5, 0.6) is 0 Å². The topological polar surface area (TPSA) is 73.0 Å². The number of aromatic nitrogens is 4. The molecule has 1 saturated heterocycles. The first-order valence-electron chi connectivity index (χ1n) is 8.90. The molecule has 3 atom stereocenters. The number of fused-ring (bicyclic) bond motifs is 1. The highest BCUT2D eigenvalue weighted by Gasteiger charge is 2.40. The second kappa shape index (κ2) is 7.02. The van der Waals surface area contributed by atoms with E-state index >= 15 is 0 Å². The number of hydrogen-bond acceptors (Lipinski definition) is 4. The van der Waals surface area contributed by atoms with Gasteiger partial charge in [0.15, 0.2) is 12.3 Å². The molecule has 0 spiro atoms. The summed E-state index contributed by atoms with van der Waals surface area (Å²) in [6, 6.07) is -0.252. The van der Waals surface area contributed by atoms with Crippen molar-refractivity contribution in [2.24, 2.45) is 0 Å². The molecule has 0 N–H and O–H groups in total. The number of rotatable bonds is 3. The van der Waals surface area contributed by atoms with E-state index in [9.17, 15) is 27.2 Å². The van der Waals surface area contributed by atoms with Crippen LogP contribution in [0.2, 0.25) is 0 Å². The molecule has 0 aromatic carbocycles. The normalized spacial score (nSPS) is 24.4. The fourth-order valence-corrected chi connectivity index (χ4v) is 3.68. The zero-order valence-electron chi connectivity index (χ0n) is 14.7. The molecule has 0 saturated carbocycles. The summed E-state index contributed by atoms with van der Waals surface area (Å²) in [6.45, 7) is -1.02. The Morgan fingerprint density at radius 2 is 1.93 bits per heavy atom. The van der Waals surface area contributed by atoms with Crippen LogP contribution >= 0.6 is 0 Å². The number of likely N-dealkylation sites (tertiary alicyclic amines) is 1. The zero-order valence-corrected chi connectivity index (χ0v) is 14.7. The van der Waals surface area contributed by atoms with Gasteiger partial charge in [0.1, 0.15) is 23.5 Å². The highest BCUT2D eigenvalue weighted by molar-refractivity contribution is 5.81. The van der Waals surface area contributed by atoms with Crippen LogP contribution in [0.3, 0.4) is 0 Å². The summed E-state index contributed by atoms with van der Waals surface area (Å²) in [5.74, 6) is -1.95. The van der Waals surface area contributed by atoms with Crippen molar-refractivity contribution < 1.29 is 22.4 Å². The number of nitrogens with zero attached hydrogens (tertiary/aromatic N) is 5. The predicted molar refractivity (Wildman–Crippen MR) is 88.1 cm³/mol. The molecule has 0 aliphatic carbocycles. The summed E-state index contributed by atoms with van der Waals surface area (Å²) < 4.78 is 55.9. The first-order valence-corrected chi connectivity index (χ1v) is 8.90. The average Bonchev–Trinajstić information content (AvgIpc) is 3.16. The maximum Gasteiger partial charge on any atom is 0.347 e. The number of hydrogen-bond donors (Lipinski definition) is 0. The van der Waals surface area contributed by atoms with Gasteiger partial charge in [0.25, 0.3) is 0 Å². The number of carbonyl (C=O) groups is 1. The number of alkyl halides is 2. The maximum absolute atomic E-state index is 13.8. The van der Waals surface area contributed by atoms with E-state index in [1.807, 2.05) is 0 Å². The van der Waals surface area contributed by atoms with Crippen molar-refractivity contribution in [1.29, 1.82) is 0 Å². The lowest BCUT2D eigenvalue weighted by atomic mass is 10.0. The van der Waals surface area contributed by atoms with Crippen LogP contribution in [-0.4, -0.2) is 55.6 Å². The van der Waals surface area contributed by atoms with Crippen molar-refractivity contribution in [3.63, 3.8) is 0 Å². The van der Waals surface area contributed by atoms with Crippen molar-refractivity contribution >= 4 is 5.91 Å². The van der Waals surface area contributed by atoms with Crippen LogP contribution in [0.1, 0.15) is 30.4 Å². The first kappa shape index (κ1) is 18.6. The predicted octanol–water partition coefficient (Wildman–Crippen LogP) is 1.16. The van der Waals surface area contributed by atoms with E-state index in [1.54, 1.807) is 0 Å². The van der Waals surface area contributed by atoms with Crippen molar-refractivity contribution in [3.05, 3.63) is 45.9 Å². The lowest BCUT2D eigenvalue weighted by molar-refractivity contribution is -0.134. The molecule has 0 radical (unpaired) electrons. The molecular formula is C17H17F4N5O2. The molecule has 11 heteroatoms. The van der Waals surface area contributed by atoms with Gasteiger partial charge < -0.3 is 4.90 Å². The van der Waals surface area contributed by atoms with Crippen LogP contribution in [0, 0.1) is 11.6 Å². The highest BCUT2D eigenvalue weighted by Crippen LogP contribution is 2.27. The second-order valence-electron chi connectivity index (χ2n) is 6.99. The summed E-state index contributed by atoms with van der Waals surface area (Å²) >= 11 is 0. The van der Waals surface area contributed by atoms with Crippen LogP contribution in [0.15, 0.2) is 17.1 Å². The Hall–Kier alpha value is -2.72. The Morgan fingerprint density at radius 3 is 2.61 bits per heavy atom. The Kier molecular flexibility index (Phi) is 4.68. The number of carbonyl (C=O) groups excluding carboxylic acids is 1. The van der Waals surface area contributed by atoms with Gasteiger partial charge in [-0.3, -0.25) is 14.3 Å². The number of aryl methyl sites for hydroxylation is 1. The SMILES string of the molecule is O=C(C1CCCc2nn(Cc3ncc(F)cc3F)c(=O)n21)N1CC(F)C(F)C1. The molecule has 4 heterocycles. The van der Waals surface area contributed by atoms with E-state index in [-0.39, 0.29) is 25.3 Å². The molecule has 2 aliphatic rings. The van der Waals surface area contributed by atoms with Gasteiger partial charge in [-0.2, -0.15) is 5.10 Å². The molecule has 150 valence electrons. The van der Waals surface area contributed by atoms with Gasteiger partial charge in [0.05, 0.1) is 31.5 Å². The summed E-state index contributed by atoms with van der Waals surface area (Å²) in [7, 11) is 0. The largest absolute Gasteiger partial charge is 0.347 e. The minimum absolute atomic E-state index is 0.165. The summed E-state index contributed by atoms with van der Waals surface area (Å²) in [4.78, 5) is 30.2. The summed E-state index contributed by atoms with van der Waals surface area (Å²) in [5.41, 5.74) is -0.812. The van der Waals surface area contributed by atoms with E-state index in [0.717, 1.165) is 15.8 Å². The molecular weight excluding hydrogens is 382 g/mol. The zero-order chi connectivity index (χ0) is 20.0. The lowest BCUT2D eigenvalue weighted by Crippen LogP contribution is -2.42. The van der Waals surface area contributed by atoms with Crippen molar-refractivity contribution in [2.75, 3.05) is 13.1 Å². The van der Waals surface area contributed by atoms with Gasteiger partial charge in [-0.15, -0.1) is 0 Å². The van der Waals surface area contributed by atoms with E-state index in [4.69, 9.17) is 0 Å². The van der Waals surface area contributed by atoms with Crippen molar-refractivity contribution in [1.82, 2.24) is 24.2 Å². The summed E-state index contributed by atoms with van der Waals surface area (Å²) in [5, 5.41) is 4.15. The maximum atomic E-state index is 13.8. The van der Waals surface area contributed by atoms with E-state index in [2.05, 4.69) is 10.1 Å². The van der Waals surface area contributed by atoms with Gasteiger partial charge in [-0.1, -0.05) is 0 Å². The number of halogens is 4. The standard InChI is InChI=1S/C17H17F4N5O2/c18-9-4-10(19)13(22-5-9)8-25-17(28)26-14(2-1-3-15(26)23-25)16(27)24-6-11(20)12(21)7-24/h4-5,11-12,14H,1-3,6-8H2. The quantitative estimate of drug-likeness (QED) is 0.727. The average molecular weight is 399 g/mol. The number of pyridine rings is 1. The molecule has 1 fully saturated rings. The Bertz CT molecular complexity index is 965. The van der Waals surface area contributed by atoms with Gasteiger partial charge in [0.2, 0.25) is 5.91 Å². The van der Waals surface area contributed by atoms with Gasteiger partial charge in [0, 0.05) is 12.5 Å². The fraction of sp³-hybridized carbons (Fsp3) is 0.529. The molecule has 7 nitrogen and oxygen atoms in total. The van der Waals surface area contributed by atoms with Gasteiger partial charge in [-0.25, -0.2) is 27.0 Å². The van der Waals surface area contributed by atoms with Gasteiger partial charge >= 0.3 is 5.69 Å². The Morgan fingerprint density at radius 1 is 1.21 bits per heavy atom. The van der Waals surface area contributed by atoms with Crippen molar-refractivity contribution in [3.8, 4) is 0 Å². The van der Waals surface area contributed by atoms with Crippen LogP contribution in [-0.2, 0) is 17.8 Å². The summed E-state index contributed by atoms with van der Waals surface area (Å²) in [6.07, 6.45) is -1.30. The molecule has 3 unspecified atom stereocenters. The van der Waals surface area contributed by atoms with E-state index in [0.29, 0.717) is 31.2 Å². The third-order valence-corrected chi connectivity index (χ3v) is 5.09. The third-order valence-electron chi connectivity index (χ3n) is 5.09. The van der Waals surface area contributed by atoms with Crippen molar-refractivity contribution in [2.45, 2.75) is 44.2 Å². The molecule has 0 bridgehead atoms. The minimum Gasteiger partial charge on any atom is -0.335 e. The number of amides is 1. The molecule has 2 aromatic heterocycles. The smallest absolute Gasteiger partial charge is 0.335 e. The van der Waals surface area contributed by atoms with Gasteiger partial charge in [-0.05, 0) is 12.8 Å². The third kappa shape index (κ3) is 3.18. The van der Waals surface area contributed by atoms with Crippen LogP contribution in [0.4, 0.5) is 17.6 Å². The highest BCUT2D eigenvalue weighted by atomic mass is 19.2. The van der Waals surface area contributed by atoms with E-state index in [1.165, 1.54) is 4.57 Å². The Balaban J connectivity index is 1.63. The van der Waals surface area contributed by atoms with Crippen LogP contribution < -0.4 is 5.69 Å². The fourth-order valence-electron chi connectivity index (χ4n) is 3.68. The molecule has 2 aromatic rings. The molecule has 1 amide bonds.